The molecule has 0 spiro atoms. The number of hydrogen-bond donors (Lipinski definition) is 1. The summed E-state index contributed by atoms with van der Waals surface area (Å²) >= 11 is 6.93. The fourth-order valence-electron chi connectivity index (χ4n) is 3.00. The predicted octanol–water partition coefficient (Wildman–Crippen LogP) is 4.91. The smallest absolute Gasteiger partial charge is 0.237 e. The summed E-state index contributed by atoms with van der Waals surface area (Å²) in [5, 5.41) is 7.21. The molecular weight excluding hydrogens is 388 g/mol. The van der Waals surface area contributed by atoms with Crippen LogP contribution in [0.15, 0.2) is 54.6 Å². The Balaban J connectivity index is 1.69. The molecule has 0 aliphatic rings. The molecule has 1 amide bonds. The Labute approximate surface area is 174 Å². The largest absolute Gasteiger partial charge is 0.309 e. The highest BCUT2D eigenvalue weighted by atomic mass is 32.2. The number of para-hydroxylation sites is 1. The van der Waals surface area contributed by atoms with Crippen LogP contribution in [-0.2, 0) is 10.5 Å². The van der Waals surface area contributed by atoms with Gasteiger partial charge >= 0.3 is 0 Å². The third-order valence-corrected chi connectivity index (χ3v) is 5.50. The number of aromatic nitrogens is 3. The third-order valence-electron chi connectivity index (χ3n) is 4.31. The van der Waals surface area contributed by atoms with E-state index in [0.717, 1.165) is 17.2 Å². The van der Waals surface area contributed by atoms with Gasteiger partial charge in [0.2, 0.25) is 5.91 Å². The van der Waals surface area contributed by atoms with Crippen LogP contribution in [-0.4, -0.2) is 32.5 Å². The fourth-order valence-corrected chi connectivity index (χ4v) is 4.05. The Hall–Kier alpha value is -2.38. The molecule has 1 aromatic heterocycles. The van der Waals surface area contributed by atoms with E-state index in [1.54, 1.807) is 0 Å². The Morgan fingerprint density at radius 2 is 1.86 bits per heavy atom. The number of aromatic amines is 1. The van der Waals surface area contributed by atoms with Crippen LogP contribution < -0.4 is 4.90 Å². The van der Waals surface area contributed by atoms with Crippen molar-refractivity contribution in [1.82, 2.24) is 14.8 Å². The van der Waals surface area contributed by atoms with Crippen LogP contribution in [0.1, 0.15) is 25.2 Å². The Morgan fingerprint density at radius 1 is 1.18 bits per heavy atom. The topological polar surface area (TPSA) is 53.9 Å². The number of nitrogens with one attached hydrogen (secondary N) is 1. The maximum atomic E-state index is 12.8. The molecule has 0 bridgehead atoms. The standard InChI is InChI=1S/C21H24N4OS2/c1-15(2)24(17-7-5-4-6-8-17)20(26)14-28-13-19-22-23-21(27)25(19)18-11-9-16(3)10-12-18/h4-12,15H,13-14H2,1-3H3,(H,23,27). The SMILES string of the molecule is Cc1ccc(-n2c(CSCC(=O)N(c3ccccc3)C(C)C)n[nH]c2=S)cc1. The Kier molecular flexibility index (Phi) is 6.70. The summed E-state index contributed by atoms with van der Waals surface area (Å²) in [6.45, 7) is 6.10. The first-order valence-corrected chi connectivity index (χ1v) is 10.7. The van der Waals surface area contributed by atoms with Gasteiger partial charge < -0.3 is 4.90 Å². The normalized spacial score (nSPS) is 11.0. The van der Waals surface area contributed by atoms with Crippen molar-refractivity contribution in [3.05, 3.63) is 70.8 Å². The molecule has 28 heavy (non-hydrogen) atoms. The monoisotopic (exact) mass is 412 g/mol. The summed E-state index contributed by atoms with van der Waals surface area (Å²) in [4.78, 5) is 14.7. The van der Waals surface area contributed by atoms with Gasteiger partial charge in [-0.15, -0.1) is 11.8 Å². The molecule has 0 unspecified atom stereocenters. The molecule has 146 valence electrons. The first-order valence-electron chi connectivity index (χ1n) is 9.15. The van der Waals surface area contributed by atoms with Crippen LogP contribution in [0.3, 0.4) is 0 Å². The zero-order valence-corrected chi connectivity index (χ0v) is 17.9. The minimum atomic E-state index is 0.0854. The lowest BCUT2D eigenvalue weighted by Gasteiger charge is -2.26. The molecule has 0 fully saturated rings. The molecule has 0 saturated heterocycles. The van der Waals surface area contributed by atoms with Crippen molar-refractivity contribution in [2.45, 2.75) is 32.6 Å². The number of aryl methyl sites for hydroxylation is 1. The minimum Gasteiger partial charge on any atom is -0.309 e. The number of rotatable bonds is 7. The zero-order valence-electron chi connectivity index (χ0n) is 16.3. The van der Waals surface area contributed by atoms with Crippen LogP contribution in [0.25, 0.3) is 5.69 Å². The van der Waals surface area contributed by atoms with E-state index in [-0.39, 0.29) is 11.9 Å². The summed E-state index contributed by atoms with van der Waals surface area (Å²) < 4.78 is 2.47. The zero-order chi connectivity index (χ0) is 20.1. The van der Waals surface area contributed by atoms with Crippen molar-refractivity contribution in [3.8, 4) is 5.69 Å². The lowest BCUT2D eigenvalue weighted by atomic mass is 10.2. The molecule has 0 atom stereocenters. The van der Waals surface area contributed by atoms with E-state index in [4.69, 9.17) is 12.2 Å². The van der Waals surface area contributed by atoms with Crippen molar-refractivity contribution in [2.75, 3.05) is 10.7 Å². The number of benzene rings is 2. The molecule has 1 N–H and O–H groups in total. The van der Waals surface area contributed by atoms with E-state index in [1.807, 2.05) is 84.8 Å². The summed E-state index contributed by atoms with van der Waals surface area (Å²) in [6.07, 6.45) is 0. The average Bonchev–Trinajstić information content (AvgIpc) is 3.04. The van der Waals surface area contributed by atoms with Crippen LogP contribution in [0.5, 0.6) is 0 Å². The van der Waals surface area contributed by atoms with E-state index in [2.05, 4.69) is 10.2 Å². The fraction of sp³-hybridized carbons (Fsp3) is 0.286. The number of carbonyl (C=O) groups excluding carboxylic acids is 1. The van der Waals surface area contributed by atoms with Gasteiger partial charge in [0.15, 0.2) is 4.77 Å². The lowest BCUT2D eigenvalue weighted by molar-refractivity contribution is -0.116. The van der Waals surface area contributed by atoms with Gasteiger partial charge in [0, 0.05) is 17.4 Å². The van der Waals surface area contributed by atoms with Crippen LogP contribution in [0.4, 0.5) is 5.69 Å². The molecule has 0 saturated carbocycles. The first kappa shape index (κ1) is 20.4. The van der Waals surface area contributed by atoms with Gasteiger partial charge in [-0.25, -0.2) is 0 Å². The van der Waals surface area contributed by atoms with Crippen LogP contribution >= 0.6 is 24.0 Å². The number of anilines is 1. The highest BCUT2D eigenvalue weighted by molar-refractivity contribution is 7.99. The first-order chi connectivity index (χ1) is 13.5. The predicted molar refractivity (Wildman–Crippen MR) is 119 cm³/mol. The molecule has 5 nitrogen and oxygen atoms in total. The molecule has 1 heterocycles. The van der Waals surface area contributed by atoms with E-state index in [1.165, 1.54) is 17.3 Å². The van der Waals surface area contributed by atoms with Gasteiger partial charge in [0.05, 0.1) is 11.5 Å². The van der Waals surface area contributed by atoms with Gasteiger partial charge in [0.1, 0.15) is 5.82 Å². The minimum absolute atomic E-state index is 0.0854. The number of H-pyrrole nitrogens is 1. The van der Waals surface area contributed by atoms with Gasteiger partial charge in [-0.3, -0.25) is 14.5 Å². The summed E-state index contributed by atoms with van der Waals surface area (Å²) in [6, 6.07) is 18.0. The van der Waals surface area contributed by atoms with Crippen molar-refractivity contribution in [3.63, 3.8) is 0 Å². The maximum Gasteiger partial charge on any atom is 0.237 e. The number of carbonyl (C=O) groups is 1. The number of nitrogens with zero attached hydrogens (tertiary/aromatic N) is 3. The van der Waals surface area contributed by atoms with Gasteiger partial charge in [-0.05, 0) is 57.3 Å². The van der Waals surface area contributed by atoms with E-state index in [9.17, 15) is 4.79 Å². The molecular formula is C21H24N4OS2. The molecule has 0 radical (unpaired) electrons. The van der Waals surface area contributed by atoms with Crippen molar-refractivity contribution in [2.24, 2.45) is 0 Å². The third kappa shape index (κ3) is 4.72. The highest BCUT2D eigenvalue weighted by Gasteiger charge is 2.19. The summed E-state index contributed by atoms with van der Waals surface area (Å²) in [5.74, 6) is 1.86. The molecule has 3 rings (SSSR count). The van der Waals surface area contributed by atoms with Crippen molar-refractivity contribution in [1.29, 1.82) is 0 Å². The second-order valence-corrected chi connectivity index (χ2v) is 8.17. The Bertz CT molecular complexity index is 978. The van der Waals surface area contributed by atoms with E-state index >= 15 is 0 Å². The molecule has 0 aliphatic heterocycles. The van der Waals surface area contributed by atoms with Crippen molar-refractivity contribution >= 4 is 35.6 Å². The molecule has 0 aliphatic carbocycles. The maximum absolute atomic E-state index is 12.8. The second-order valence-electron chi connectivity index (χ2n) is 6.80. The Morgan fingerprint density at radius 3 is 2.50 bits per heavy atom. The van der Waals surface area contributed by atoms with Crippen LogP contribution in [0.2, 0.25) is 0 Å². The molecule has 3 aromatic rings. The average molecular weight is 413 g/mol. The summed E-state index contributed by atoms with van der Waals surface area (Å²) in [5.41, 5.74) is 3.08. The van der Waals surface area contributed by atoms with Gasteiger partial charge in [0.25, 0.3) is 0 Å². The summed E-state index contributed by atoms with van der Waals surface area (Å²) in [7, 11) is 0. The van der Waals surface area contributed by atoms with Crippen LogP contribution in [0, 0.1) is 11.7 Å². The second kappa shape index (κ2) is 9.21. The van der Waals surface area contributed by atoms with Gasteiger partial charge in [-0.1, -0.05) is 35.9 Å². The van der Waals surface area contributed by atoms with Gasteiger partial charge in [-0.2, -0.15) is 5.10 Å². The quantitative estimate of drug-likeness (QED) is 0.560. The number of thioether (sulfide) groups is 1. The van der Waals surface area contributed by atoms with E-state index < -0.39 is 0 Å². The lowest BCUT2D eigenvalue weighted by Crippen LogP contribution is -2.38. The molecule has 7 heteroatoms. The highest BCUT2D eigenvalue weighted by Crippen LogP contribution is 2.21. The van der Waals surface area contributed by atoms with E-state index in [0.29, 0.717) is 16.3 Å². The number of hydrogen-bond acceptors (Lipinski definition) is 4. The molecule has 2 aromatic carbocycles. The number of amides is 1. The van der Waals surface area contributed by atoms with Crippen molar-refractivity contribution < 1.29 is 4.79 Å².